The second kappa shape index (κ2) is 20.6. The van der Waals surface area contributed by atoms with Gasteiger partial charge in [-0.3, -0.25) is 20.0 Å². The molecule has 16 heteroatoms. The number of amides is 1. The number of guanidine groups is 1. The van der Waals surface area contributed by atoms with Crippen LogP contribution >= 0.6 is 11.8 Å². The van der Waals surface area contributed by atoms with Crippen molar-refractivity contribution in [2.75, 3.05) is 39.4 Å². The van der Waals surface area contributed by atoms with E-state index in [0.717, 1.165) is 42.1 Å². The number of nitrogens with one attached hydrogen (secondary N) is 2. The Bertz CT molecular complexity index is 1720. The van der Waals surface area contributed by atoms with Crippen LogP contribution in [-0.2, 0) is 17.6 Å². The van der Waals surface area contributed by atoms with E-state index in [1.54, 1.807) is 0 Å². The van der Waals surface area contributed by atoms with Gasteiger partial charge < -0.3 is 52.8 Å². The first-order valence-corrected chi connectivity index (χ1v) is 17.8. The average molecular weight is 755 g/mol. The number of carbonyl (C=O) groups excluding carboxylic acids is 1. The van der Waals surface area contributed by atoms with Gasteiger partial charge in [0.2, 0.25) is 0 Å². The quantitative estimate of drug-likeness (QED) is 0.0323. The van der Waals surface area contributed by atoms with E-state index < -0.39 is 36.9 Å². The highest BCUT2D eigenvalue weighted by atomic mass is 35.5. The van der Waals surface area contributed by atoms with Gasteiger partial charge in [-0.25, -0.2) is 4.42 Å². The van der Waals surface area contributed by atoms with Crippen LogP contribution in [0.15, 0.2) is 95.3 Å². The molecule has 288 valence electrons. The van der Waals surface area contributed by atoms with Gasteiger partial charge in [-0.05, 0) is 72.7 Å². The molecule has 0 saturated heterocycles. The smallest absolute Gasteiger partial charge is 0.279 e. The van der Waals surface area contributed by atoms with Crippen LogP contribution < -0.4 is 32.6 Å². The summed E-state index contributed by atoms with van der Waals surface area (Å²) < 4.78 is 6.99. The summed E-state index contributed by atoms with van der Waals surface area (Å²) in [6.07, 6.45) is -1.04. The van der Waals surface area contributed by atoms with Crippen LogP contribution in [0.3, 0.4) is 0 Å². The van der Waals surface area contributed by atoms with Crippen LogP contribution in [0.4, 0.5) is 0 Å². The Morgan fingerprint density at radius 1 is 0.925 bits per heavy atom. The predicted octanol–water partition coefficient (Wildman–Crippen LogP) is 0.287. The lowest BCUT2D eigenvalue weighted by atomic mass is 10.0. The van der Waals surface area contributed by atoms with Crippen molar-refractivity contribution >= 4 is 34.4 Å². The van der Waals surface area contributed by atoms with E-state index in [1.807, 2.05) is 47.4 Å². The van der Waals surface area contributed by atoms with Crippen molar-refractivity contribution in [3.8, 4) is 5.75 Å². The molecule has 0 fully saturated rings. The fourth-order valence-corrected chi connectivity index (χ4v) is 6.18. The van der Waals surface area contributed by atoms with Crippen molar-refractivity contribution in [1.29, 1.82) is 0 Å². The molecule has 1 amide bonds. The molecule has 0 aromatic heterocycles. The summed E-state index contributed by atoms with van der Waals surface area (Å²) in [5, 5.41) is 57.6. The third-order valence-corrected chi connectivity index (χ3v) is 9.05. The number of unbranched alkanes of at least 4 members (excludes halogenated alkanes) is 1. The number of halogens is 1. The summed E-state index contributed by atoms with van der Waals surface area (Å²) in [5.41, 5.74) is 19.6. The standard InChI is InChI=1S/C37H51ClN8O7/c38-46-22-31(39)43-35(40)32(46)36(52)44-37(41)42-17-4-3-7-24-13-15-27(16-14-24)53-20-19-45(21-29(48)33(50)34(51)30(49)23-47)18-6-11-26-10-5-9-25-8-1-2-12-28(25)26/h1-2,5,8-10,12-16,22,29-30,33-34,43,47-51H,3-4,6-7,11,17-21,23,39-40H2,(H3,41,42,44,52)/t29-,30+,33+,34+/m0/s1. The summed E-state index contributed by atoms with van der Waals surface area (Å²) in [6.45, 7) is 1.01. The molecular weight excluding hydrogens is 704 g/mol. The van der Waals surface area contributed by atoms with E-state index in [4.69, 9.17) is 38.8 Å². The number of fused-ring (bicyclic) bond motifs is 1. The number of nitrogens with zero attached hydrogens (tertiary/aromatic N) is 3. The SMILES string of the molecule is NC1=CN(Cl)C(C(=O)NC(N)=NCCCCc2ccc(OCCN(CCCc3cccc4ccccc34)C[C@H](O)[C@@H](O)[C@H](O)[C@H](O)CO)cc2)=C(N)N1. The summed E-state index contributed by atoms with van der Waals surface area (Å²) in [6, 6.07) is 22.2. The average Bonchev–Trinajstić information content (AvgIpc) is 3.13. The zero-order valence-electron chi connectivity index (χ0n) is 29.5. The van der Waals surface area contributed by atoms with Crippen LogP contribution in [0.2, 0.25) is 0 Å². The van der Waals surface area contributed by atoms with Crippen LogP contribution in [0.1, 0.15) is 30.4 Å². The highest BCUT2D eigenvalue weighted by molar-refractivity contribution is 6.19. The van der Waals surface area contributed by atoms with Gasteiger partial charge in [0, 0.05) is 31.4 Å². The topological polar surface area (TPSA) is 248 Å². The lowest BCUT2D eigenvalue weighted by Crippen LogP contribution is -2.50. The first kappa shape index (κ1) is 41.2. The number of aliphatic hydroxyl groups is 5. The van der Waals surface area contributed by atoms with E-state index in [-0.39, 0.29) is 29.8 Å². The Kier molecular flexibility index (Phi) is 16.0. The van der Waals surface area contributed by atoms with Gasteiger partial charge in [0.05, 0.1) is 18.9 Å². The maximum atomic E-state index is 12.5. The zero-order chi connectivity index (χ0) is 38.3. The van der Waals surface area contributed by atoms with Crippen molar-refractivity contribution in [2.45, 2.75) is 56.5 Å². The first-order chi connectivity index (χ1) is 25.5. The Hall–Kier alpha value is -4.61. The van der Waals surface area contributed by atoms with Crippen molar-refractivity contribution in [1.82, 2.24) is 20.0 Å². The molecular formula is C37H51ClN8O7. The molecule has 4 rings (SSSR count). The number of aliphatic imine (C=N–C) groups is 1. The third-order valence-electron chi connectivity index (χ3n) is 8.78. The van der Waals surface area contributed by atoms with Crippen LogP contribution in [0.5, 0.6) is 5.75 Å². The number of rotatable bonds is 20. The van der Waals surface area contributed by atoms with Crippen molar-refractivity contribution in [3.05, 3.63) is 101 Å². The molecule has 0 aliphatic carbocycles. The molecule has 0 spiro atoms. The summed E-state index contributed by atoms with van der Waals surface area (Å²) in [4.78, 5) is 18.6. The second-order valence-corrected chi connectivity index (χ2v) is 13.2. The second-order valence-electron chi connectivity index (χ2n) is 12.8. The molecule has 0 saturated carbocycles. The number of carbonyl (C=O) groups is 1. The van der Waals surface area contributed by atoms with Gasteiger partial charge in [0.25, 0.3) is 5.91 Å². The predicted molar refractivity (Wildman–Crippen MR) is 204 cm³/mol. The Morgan fingerprint density at radius 3 is 2.38 bits per heavy atom. The molecule has 53 heavy (non-hydrogen) atoms. The monoisotopic (exact) mass is 754 g/mol. The number of hydrogen-bond acceptors (Lipinski definition) is 13. The molecule has 0 bridgehead atoms. The van der Waals surface area contributed by atoms with E-state index in [0.29, 0.717) is 32.0 Å². The van der Waals surface area contributed by atoms with E-state index in [1.165, 1.54) is 22.5 Å². The van der Waals surface area contributed by atoms with E-state index in [9.17, 15) is 25.2 Å². The largest absolute Gasteiger partial charge is 0.492 e. The lowest BCUT2D eigenvalue weighted by Gasteiger charge is -2.30. The highest BCUT2D eigenvalue weighted by Gasteiger charge is 2.31. The fourth-order valence-electron chi connectivity index (χ4n) is 5.90. The Balaban J connectivity index is 1.22. The molecule has 0 unspecified atom stereocenters. The van der Waals surface area contributed by atoms with Crippen LogP contribution in [-0.4, -0.2) is 111 Å². The van der Waals surface area contributed by atoms with Crippen LogP contribution in [0.25, 0.3) is 10.8 Å². The third kappa shape index (κ3) is 12.5. The molecule has 13 N–H and O–H groups in total. The van der Waals surface area contributed by atoms with E-state index in [2.05, 4.69) is 39.9 Å². The fraction of sp³-hybridized carbons (Fsp3) is 0.405. The minimum Gasteiger partial charge on any atom is -0.492 e. The summed E-state index contributed by atoms with van der Waals surface area (Å²) >= 11 is 6.01. The molecule has 0 radical (unpaired) electrons. The van der Waals surface area contributed by atoms with Crippen LogP contribution in [0, 0.1) is 0 Å². The normalized spacial score (nSPS) is 15.9. The van der Waals surface area contributed by atoms with Gasteiger partial charge >= 0.3 is 0 Å². The highest BCUT2D eigenvalue weighted by Crippen LogP contribution is 2.21. The molecule has 4 atom stereocenters. The van der Waals surface area contributed by atoms with Gasteiger partial charge in [0.15, 0.2) is 11.7 Å². The van der Waals surface area contributed by atoms with Crippen molar-refractivity contribution in [3.63, 3.8) is 0 Å². The molecule has 3 aromatic rings. The molecule has 1 aliphatic heterocycles. The van der Waals surface area contributed by atoms with Crippen molar-refractivity contribution < 1.29 is 35.1 Å². The number of benzene rings is 3. The van der Waals surface area contributed by atoms with Gasteiger partial charge in [-0.1, -0.05) is 54.6 Å². The minimum atomic E-state index is -1.69. The number of aliphatic hydroxyl groups excluding tert-OH is 5. The molecule has 1 heterocycles. The van der Waals surface area contributed by atoms with E-state index >= 15 is 0 Å². The Morgan fingerprint density at radius 2 is 1.64 bits per heavy atom. The maximum absolute atomic E-state index is 12.5. The van der Waals surface area contributed by atoms with Gasteiger partial charge in [0.1, 0.15) is 42.3 Å². The minimum absolute atomic E-state index is 0.0159. The number of aryl methyl sites for hydroxylation is 2. The maximum Gasteiger partial charge on any atom is 0.279 e. The summed E-state index contributed by atoms with van der Waals surface area (Å²) in [5.74, 6) is 0.159. The van der Waals surface area contributed by atoms with Crippen molar-refractivity contribution in [2.24, 2.45) is 22.2 Å². The lowest BCUT2D eigenvalue weighted by molar-refractivity contribution is -0.119. The Labute approximate surface area is 314 Å². The van der Waals surface area contributed by atoms with Gasteiger partial charge in [-0.2, -0.15) is 0 Å². The number of nitrogens with two attached hydrogens (primary N) is 3. The van der Waals surface area contributed by atoms with Gasteiger partial charge in [-0.15, -0.1) is 0 Å². The number of ether oxygens (including phenoxy) is 1. The number of hydrogen-bond donors (Lipinski definition) is 10. The zero-order valence-corrected chi connectivity index (χ0v) is 30.3. The molecule has 15 nitrogen and oxygen atoms in total. The summed E-state index contributed by atoms with van der Waals surface area (Å²) in [7, 11) is 0. The first-order valence-electron chi connectivity index (χ1n) is 17.5. The molecule has 3 aromatic carbocycles. The molecule has 1 aliphatic rings.